The van der Waals surface area contributed by atoms with Gasteiger partial charge in [-0.05, 0) is 12.1 Å². The van der Waals surface area contributed by atoms with Crippen LogP contribution in [-0.4, -0.2) is 6.29 Å². The molecule has 0 amide bonds. The highest BCUT2D eigenvalue weighted by molar-refractivity contribution is 7.13. The van der Waals surface area contributed by atoms with Crippen molar-refractivity contribution in [2.24, 2.45) is 0 Å². The van der Waals surface area contributed by atoms with Gasteiger partial charge in [0.2, 0.25) is 0 Å². The lowest BCUT2D eigenvalue weighted by atomic mass is 10.1. The van der Waals surface area contributed by atoms with E-state index in [0.717, 1.165) is 6.07 Å². The van der Waals surface area contributed by atoms with Crippen LogP contribution in [0.4, 0.5) is 8.78 Å². The number of benzene rings is 1. The van der Waals surface area contributed by atoms with Crippen LogP contribution in [0.3, 0.4) is 0 Å². The van der Waals surface area contributed by atoms with Crippen molar-refractivity contribution in [2.45, 2.75) is 0 Å². The van der Waals surface area contributed by atoms with Gasteiger partial charge >= 0.3 is 0 Å². The highest BCUT2D eigenvalue weighted by atomic mass is 32.1. The minimum Gasteiger partial charge on any atom is -0.298 e. The van der Waals surface area contributed by atoms with E-state index in [9.17, 15) is 13.6 Å². The first-order valence-electron chi connectivity index (χ1n) is 4.20. The number of hydrogen-bond donors (Lipinski definition) is 0. The largest absolute Gasteiger partial charge is 0.298 e. The van der Waals surface area contributed by atoms with E-state index in [1.54, 1.807) is 5.38 Å². The molecule has 0 bridgehead atoms. The van der Waals surface area contributed by atoms with Crippen LogP contribution in [0.5, 0.6) is 0 Å². The van der Waals surface area contributed by atoms with Crippen LogP contribution in [0.15, 0.2) is 29.6 Å². The zero-order chi connectivity index (χ0) is 10.8. The molecule has 1 heterocycles. The van der Waals surface area contributed by atoms with Gasteiger partial charge in [-0.3, -0.25) is 4.79 Å². The highest BCUT2D eigenvalue weighted by Crippen LogP contribution is 2.29. The maximum atomic E-state index is 13.3. The number of hydrogen-bond acceptors (Lipinski definition) is 2. The number of rotatable bonds is 2. The van der Waals surface area contributed by atoms with Crippen LogP contribution in [0.1, 0.15) is 10.4 Å². The summed E-state index contributed by atoms with van der Waals surface area (Å²) >= 11 is 1.21. The fraction of sp³-hybridized carbons (Fsp3) is 0. The summed E-state index contributed by atoms with van der Waals surface area (Å²) in [6.07, 6.45) is 0.678. The summed E-state index contributed by atoms with van der Waals surface area (Å²) in [5, 5.41) is 1.60. The van der Waals surface area contributed by atoms with Gasteiger partial charge < -0.3 is 0 Å². The lowest BCUT2D eigenvalue weighted by molar-refractivity contribution is 0.112. The molecule has 0 fully saturated rings. The van der Waals surface area contributed by atoms with Crippen molar-refractivity contribution in [3.63, 3.8) is 0 Å². The van der Waals surface area contributed by atoms with Crippen LogP contribution < -0.4 is 0 Å². The molecule has 0 aliphatic carbocycles. The zero-order valence-corrected chi connectivity index (χ0v) is 8.35. The Morgan fingerprint density at radius 1 is 1.27 bits per heavy atom. The van der Waals surface area contributed by atoms with E-state index in [-0.39, 0.29) is 5.56 Å². The van der Waals surface area contributed by atoms with Gasteiger partial charge in [0.1, 0.15) is 0 Å². The normalized spacial score (nSPS) is 10.3. The number of thiophene rings is 1. The fourth-order valence-corrected chi connectivity index (χ4v) is 2.12. The molecule has 0 unspecified atom stereocenters. The Labute approximate surface area is 89.0 Å². The summed E-state index contributed by atoms with van der Waals surface area (Å²) in [6, 6.07) is 5.52. The van der Waals surface area contributed by atoms with E-state index >= 15 is 0 Å². The molecule has 4 heteroatoms. The van der Waals surface area contributed by atoms with Crippen molar-refractivity contribution >= 4 is 17.6 Å². The minimum atomic E-state index is -0.881. The SMILES string of the molecule is O=Cc1csc(-c2cccc(F)c2F)c1. The Bertz CT molecular complexity index is 505. The van der Waals surface area contributed by atoms with Gasteiger partial charge in [0, 0.05) is 21.4 Å². The number of carbonyl (C=O) groups is 1. The standard InChI is InChI=1S/C11H6F2OS/c12-9-3-1-2-8(11(9)13)10-4-7(5-14)6-15-10/h1-6H. The third-order valence-corrected chi connectivity index (χ3v) is 2.95. The van der Waals surface area contributed by atoms with Gasteiger partial charge in [0.25, 0.3) is 0 Å². The topological polar surface area (TPSA) is 17.1 Å². The Morgan fingerprint density at radius 2 is 2.07 bits per heavy atom. The van der Waals surface area contributed by atoms with Crippen LogP contribution in [0.2, 0.25) is 0 Å². The predicted octanol–water partition coefficient (Wildman–Crippen LogP) is 3.51. The van der Waals surface area contributed by atoms with Crippen molar-refractivity contribution in [1.82, 2.24) is 0 Å². The predicted molar refractivity (Wildman–Crippen MR) is 55.1 cm³/mol. The third kappa shape index (κ3) is 1.80. The lowest BCUT2D eigenvalue weighted by Crippen LogP contribution is -1.86. The molecule has 76 valence electrons. The molecule has 0 spiro atoms. The van der Waals surface area contributed by atoms with E-state index in [1.165, 1.54) is 29.5 Å². The lowest BCUT2D eigenvalue weighted by Gasteiger charge is -1.99. The van der Waals surface area contributed by atoms with E-state index in [0.29, 0.717) is 16.7 Å². The molecule has 2 aromatic rings. The van der Waals surface area contributed by atoms with Crippen molar-refractivity contribution in [3.05, 3.63) is 46.8 Å². The van der Waals surface area contributed by atoms with Gasteiger partial charge in [-0.1, -0.05) is 12.1 Å². The number of halogens is 2. The van der Waals surface area contributed by atoms with Crippen molar-refractivity contribution in [1.29, 1.82) is 0 Å². The summed E-state index contributed by atoms with van der Waals surface area (Å²) < 4.78 is 26.3. The summed E-state index contributed by atoms with van der Waals surface area (Å²) in [7, 11) is 0. The summed E-state index contributed by atoms with van der Waals surface area (Å²) in [5.41, 5.74) is 0.659. The fourth-order valence-electron chi connectivity index (χ4n) is 1.25. The van der Waals surface area contributed by atoms with Gasteiger partial charge in [-0.2, -0.15) is 0 Å². The Morgan fingerprint density at radius 3 is 2.73 bits per heavy atom. The second kappa shape index (κ2) is 3.90. The van der Waals surface area contributed by atoms with E-state index in [4.69, 9.17) is 0 Å². The van der Waals surface area contributed by atoms with Gasteiger partial charge in [-0.15, -0.1) is 11.3 Å². The quantitative estimate of drug-likeness (QED) is 0.713. The molecular weight excluding hydrogens is 218 g/mol. The van der Waals surface area contributed by atoms with Gasteiger partial charge in [0.05, 0.1) is 0 Å². The summed E-state index contributed by atoms with van der Waals surface area (Å²) in [4.78, 5) is 11.0. The maximum Gasteiger partial charge on any atom is 0.167 e. The average molecular weight is 224 g/mol. The van der Waals surface area contributed by atoms with E-state index < -0.39 is 11.6 Å². The van der Waals surface area contributed by atoms with Crippen molar-refractivity contribution in [2.75, 3.05) is 0 Å². The van der Waals surface area contributed by atoms with Crippen LogP contribution in [0, 0.1) is 11.6 Å². The molecule has 0 atom stereocenters. The second-order valence-electron chi connectivity index (χ2n) is 2.96. The number of carbonyl (C=O) groups excluding carboxylic acids is 1. The third-order valence-electron chi connectivity index (χ3n) is 1.97. The van der Waals surface area contributed by atoms with Crippen molar-refractivity contribution < 1.29 is 13.6 Å². The first kappa shape index (κ1) is 9.98. The summed E-state index contributed by atoms with van der Waals surface area (Å²) in [6.45, 7) is 0. The summed E-state index contributed by atoms with van der Waals surface area (Å²) in [5.74, 6) is -1.76. The molecule has 0 aliphatic rings. The second-order valence-corrected chi connectivity index (χ2v) is 3.87. The molecular formula is C11H6F2OS. The zero-order valence-electron chi connectivity index (χ0n) is 7.54. The molecule has 2 rings (SSSR count). The Balaban J connectivity index is 2.53. The molecule has 0 saturated carbocycles. The first-order valence-corrected chi connectivity index (χ1v) is 5.08. The van der Waals surface area contributed by atoms with Gasteiger partial charge in [0.15, 0.2) is 17.9 Å². The smallest absolute Gasteiger partial charge is 0.167 e. The molecule has 1 aromatic heterocycles. The molecule has 0 aliphatic heterocycles. The molecule has 0 N–H and O–H groups in total. The van der Waals surface area contributed by atoms with Crippen molar-refractivity contribution in [3.8, 4) is 10.4 Å². The van der Waals surface area contributed by atoms with Gasteiger partial charge in [-0.25, -0.2) is 8.78 Å². The Kier molecular flexibility index (Phi) is 2.60. The average Bonchev–Trinajstić information content (AvgIpc) is 2.70. The monoisotopic (exact) mass is 224 g/mol. The maximum absolute atomic E-state index is 13.3. The molecule has 1 aromatic carbocycles. The van der Waals surface area contributed by atoms with Crippen LogP contribution >= 0.6 is 11.3 Å². The Hall–Kier alpha value is -1.55. The molecule has 1 nitrogen and oxygen atoms in total. The van der Waals surface area contributed by atoms with Crippen LogP contribution in [-0.2, 0) is 0 Å². The first-order chi connectivity index (χ1) is 7.22. The van der Waals surface area contributed by atoms with Crippen LogP contribution in [0.25, 0.3) is 10.4 Å². The van der Waals surface area contributed by atoms with E-state index in [1.807, 2.05) is 0 Å². The molecule has 0 saturated heterocycles. The molecule has 15 heavy (non-hydrogen) atoms. The number of aldehydes is 1. The minimum absolute atomic E-state index is 0.188. The highest BCUT2D eigenvalue weighted by Gasteiger charge is 2.11. The van der Waals surface area contributed by atoms with E-state index in [2.05, 4.69) is 0 Å². The molecule has 0 radical (unpaired) electrons.